The molecule has 4 nitrogen and oxygen atoms in total. The van der Waals surface area contributed by atoms with Gasteiger partial charge in [-0.1, -0.05) is 13.8 Å². The average molecular weight is 251 g/mol. The van der Waals surface area contributed by atoms with Crippen LogP contribution >= 0.6 is 0 Å². The van der Waals surface area contributed by atoms with E-state index < -0.39 is 0 Å². The third-order valence-electron chi connectivity index (χ3n) is 3.62. The topological polar surface area (TPSA) is 39.1 Å². The van der Waals surface area contributed by atoms with Crippen LogP contribution in [0.1, 0.15) is 33.6 Å². The van der Waals surface area contributed by atoms with Crippen LogP contribution < -0.4 is 5.32 Å². The second-order valence-corrected chi connectivity index (χ2v) is 5.70. The van der Waals surface area contributed by atoms with Gasteiger partial charge in [-0.15, -0.1) is 0 Å². The monoisotopic (exact) mass is 251 g/mol. The summed E-state index contributed by atoms with van der Waals surface area (Å²) < 4.78 is 7.92. The minimum Gasteiger partial charge on any atom is -0.378 e. The Bertz CT molecular complexity index is 337. The number of ether oxygens (including phenoxy) is 1. The zero-order valence-electron chi connectivity index (χ0n) is 11.7. The molecule has 1 aromatic heterocycles. The lowest BCUT2D eigenvalue weighted by atomic mass is 9.95. The first-order valence-electron chi connectivity index (χ1n) is 6.98. The lowest BCUT2D eigenvalue weighted by Crippen LogP contribution is -2.45. The normalized spacial score (nSPS) is 26.4. The number of imidazole rings is 1. The highest BCUT2D eigenvalue weighted by molar-refractivity contribution is 4.82. The van der Waals surface area contributed by atoms with Gasteiger partial charge >= 0.3 is 0 Å². The Morgan fingerprint density at radius 2 is 2.28 bits per heavy atom. The molecule has 102 valence electrons. The Balaban J connectivity index is 1.78. The van der Waals surface area contributed by atoms with Gasteiger partial charge in [-0.05, 0) is 25.7 Å². The molecule has 0 bridgehead atoms. The maximum Gasteiger partial charge on any atom is 0.0946 e. The van der Waals surface area contributed by atoms with E-state index in [-0.39, 0.29) is 0 Å². The number of hydrogen-bond acceptors (Lipinski definition) is 3. The van der Waals surface area contributed by atoms with Crippen molar-refractivity contribution in [1.82, 2.24) is 14.9 Å². The van der Waals surface area contributed by atoms with Crippen LogP contribution in [0.5, 0.6) is 0 Å². The molecule has 0 aliphatic carbocycles. The second-order valence-electron chi connectivity index (χ2n) is 5.70. The molecule has 1 aliphatic rings. The second kappa shape index (κ2) is 6.34. The largest absolute Gasteiger partial charge is 0.378 e. The fraction of sp³-hybridized carbons (Fsp3) is 0.786. The van der Waals surface area contributed by atoms with Gasteiger partial charge in [0.25, 0.3) is 0 Å². The van der Waals surface area contributed by atoms with Gasteiger partial charge in [0.2, 0.25) is 0 Å². The molecule has 3 atom stereocenters. The fourth-order valence-electron chi connectivity index (χ4n) is 2.61. The maximum absolute atomic E-state index is 5.80. The molecule has 1 saturated heterocycles. The lowest BCUT2D eigenvalue weighted by molar-refractivity contribution is -0.0258. The fourth-order valence-corrected chi connectivity index (χ4v) is 2.61. The smallest absolute Gasteiger partial charge is 0.0946 e. The molecule has 0 radical (unpaired) electrons. The quantitative estimate of drug-likeness (QED) is 0.870. The van der Waals surface area contributed by atoms with Gasteiger partial charge < -0.3 is 14.6 Å². The van der Waals surface area contributed by atoms with Gasteiger partial charge in [-0.3, -0.25) is 0 Å². The Kier molecular flexibility index (Phi) is 4.78. The Morgan fingerprint density at radius 1 is 1.44 bits per heavy atom. The third kappa shape index (κ3) is 3.82. The van der Waals surface area contributed by atoms with E-state index in [2.05, 4.69) is 35.6 Å². The van der Waals surface area contributed by atoms with E-state index in [0.717, 1.165) is 26.0 Å². The molecule has 0 aromatic carbocycles. The molecule has 1 aliphatic heterocycles. The van der Waals surface area contributed by atoms with Gasteiger partial charge in [0, 0.05) is 37.6 Å². The molecule has 18 heavy (non-hydrogen) atoms. The van der Waals surface area contributed by atoms with Crippen LogP contribution in [0, 0.1) is 5.92 Å². The van der Waals surface area contributed by atoms with E-state index >= 15 is 0 Å². The predicted molar refractivity (Wildman–Crippen MR) is 72.4 cm³/mol. The van der Waals surface area contributed by atoms with Crippen LogP contribution in [0.15, 0.2) is 18.7 Å². The van der Waals surface area contributed by atoms with Gasteiger partial charge in [0.15, 0.2) is 0 Å². The van der Waals surface area contributed by atoms with Crippen molar-refractivity contribution in [3.63, 3.8) is 0 Å². The van der Waals surface area contributed by atoms with Gasteiger partial charge in [-0.25, -0.2) is 4.98 Å². The van der Waals surface area contributed by atoms with Gasteiger partial charge in [0.1, 0.15) is 0 Å². The number of hydrogen-bond donors (Lipinski definition) is 1. The average Bonchev–Trinajstić information content (AvgIpc) is 2.82. The first-order chi connectivity index (χ1) is 8.65. The van der Waals surface area contributed by atoms with Crippen molar-refractivity contribution in [3.05, 3.63) is 18.7 Å². The van der Waals surface area contributed by atoms with E-state index in [4.69, 9.17) is 4.74 Å². The minimum absolute atomic E-state index is 0.414. The number of aromatic nitrogens is 2. The van der Waals surface area contributed by atoms with Gasteiger partial charge in [0.05, 0.1) is 12.4 Å². The van der Waals surface area contributed by atoms with Crippen LogP contribution in [0.25, 0.3) is 0 Å². The van der Waals surface area contributed by atoms with Crippen molar-refractivity contribution in [2.24, 2.45) is 5.92 Å². The third-order valence-corrected chi connectivity index (χ3v) is 3.62. The Labute approximate surface area is 110 Å². The first-order valence-corrected chi connectivity index (χ1v) is 6.98. The SMILES string of the molecule is CC(Cn1ccnc1)NC1CCOC(C(C)C)C1. The van der Waals surface area contributed by atoms with E-state index in [1.165, 1.54) is 0 Å². The molecule has 0 saturated carbocycles. The maximum atomic E-state index is 5.80. The summed E-state index contributed by atoms with van der Waals surface area (Å²) in [7, 11) is 0. The molecule has 0 spiro atoms. The van der Waals surface area contributed by atoms with E-state index in [0.29, 0.717) is 24.1 Å². The van der Waals surface area contributed by atoms with Crippen molar-refractivity contribution in [3.8, 4) is 0 Å². The molecule has 1 fully saturated rings. The van der Waals surface area contributed by atoms with E-state index in [1.54, 1.807) is 0 Å². The van der Waals surface area contributed by atoms with Crippen LogP contribution in [0.3, 0.4) is 0 Å². The number of nitrogens with zero attached hydrogens (tertiary/aromatic N) is 2. The molecule has 2 rings (SSSR count). The van der Waals surface area contributed by atoms with Gasteiger partial charge in [-0.2, -0.15) is 0 Å². The van der Waals surface area contributed by atoms with E-state index in [9.17, 15) is 0 Å². The summed E-state index contributed by atoms with van der Waals surface area (Å²) in [5.74, 6) is 0.610. The van der Waals surface area contributed by atoms with Crippen LogP contribution in [-0.2, 0) is 11.3 Å². The summed E-state index contributed by atoms with van der Waals surface area (Å²) in [6.07, 6.45) is 8.38. The highest BCUT2D eigenvalue weighted by atomic mass is 16.5. The zero-order valence-corrected chi connectivity index (χ0v) is 11.7. The molecular weight excluding hydrogens is 226 g/mol. The van der Waals surface area contributed by atoms with Crippen LogP contribution in [-0.4, -0.2) is 34.3 Å². The minimum atomic E-state index is 0.414. The Hall–Kier alpha value is -0.870. The summed E-state index contributed by atoms with van der Waals surface area (Å²) >= 11 is 0. The van der Waals surface area contributed by atoms with Crippen LogP contribution in [0.4, 0.5) is 0 Å². The molecule has 0 amide bonds. The summed E-state index contributed by atoms with van der Waals surface area (Å²) in [6, 6.07) is 1.06. The van der Waals surface area contributed by atoms with Crippen LogP contribution in [0.2, 0.25) is 0 Å². The molecule has 4 heteroatoms. The summed E-state index contributed by atoms with van der Waals surface area (Å²) in [6.45, 7) is 8.58. The predicted octanol–water partition coefficient (Wildman–Crippen LogP) is 2.06. The standard InChI is InChI=1S/C14H25N3O/c1-11(2)14-8-13(4-7-18-14)16-12(3)9-17-6-5-15-10-17/h5-6,10-14,16H,4,7-9H2,1-3H3. The van der Waals surface area contributed by atoms with Crippen molar-refractivity contribution >= 4 is 0 Å². The molecule has 2 heterocycles. The molecule has 1 aromatic rings. The summed E-state index contributed by atoms with van der Waals surface area (Å²) in [4.78, 5) is 4.07. The molecule has 1 N–H and O–H groups in total. The molecular formula is C14H25N3O. The number of rotatable bonds is 5. The Morgan fingerprint density at radius 3 is 2.94 bits per heavy atom. The summed E-state index contributed by atoms with van der Waals surface area (Å²) in [5, 5.41) is 3.71. The highest BCUT2D eigenvalue weighted by Crippen LogP contribution is 2.20. The van der Waals surface area contributed by atoms with Crippen molar-refractivity contribution < 1.29 is 4.74 Å². The van der Waals surface area contributed by atoms with Crippen molar-refractivity contribution in [2.45, 2.75) is 58.3 Å². The highest BCUT2D eigenvalue weighted by Gasteiger charge is 2.25. The lowest BCUT2D eigenvalue weighted by Gasteiger charge is -2.34. The van der Waals surface area contributed by atoms with E-state index in [1.807, 2.05) is 18.7 Å². The summed E-state index contributed by atoms with van der Waals surface area (Å²) in [5.41, 5.74) is 0. The molecule has 3 unspecified atom stereocenters. The number of nitrogens with one attached hydrogen (secondary N) is 1. The zero-order chi connectivity index (χ0) is 13.0. The first kappa shape index (κ1) is 13.6. The van der Waals surface area contributed by atoms with Crippen molar-refractivity contribution in [2.75, 3.05) is 6.61 Å². The van der Waals surface area contributed by atoms with Crippen molar-refractivity contribution in [1.29, 1.82) is 0 Å².